The monoisotopic (exact) mass is 788 g/mol. The fraction of sp³-hybridized carbons (Fsp3) is 0.138. The zero-order valence-electron chi connectivity index (χ0n) is 34.8. The van der Waals surface area contributed by atoms with E-state index in [1.807, 2.05) is 12.1 Å². The topological polar surface area (TPSA) is 8.17 Å². The van der Waals surface area contributed by atoms with Crippen LogP contribution in [0.25, 0.3) is 60.5 Å². The Kier molecular flexibility index (Phi) is 7.67. The smallest absolute Gasteiger partial charge is 0.123 e. The van der Waals surface area contributed by atoms with Crippen LogP contribution in [0.3, 0.4) is 0 Å². The minimum Gasteiger partial charge on any atom is -0.311 e. The largest absolute Gasteiger partial charge is 0.311 e. The number of fused-ring (bicyclic) bond motifs is 10. The normalized spacial score (nSPS) is 17.9. The van der Waals surface area contributed by atoms with Crippen molar-refractivity contribution in [3.8, 4) is 27.9 Å². The molecule has 1 heterocycles. The highest BCUT2D eigenvalue weighted by atomic mass is 19.1. The predicted octanol–water partition coefficient (Wildman–Crippen LogP) is 15.3. The Balaban J connectivity index is 0.940. The van der Waals surface area contributed by atoms with Crippen molar-refractivity contribution in [2.75, 3.05) is 4.90 Å². The molecule has 2 atom stereocenters. The van der Waals surface area contributed by atoms with Crippen molar-refractivity contribution in [2.24, 2.45) is 5.92 Å². The molecule has 294 valence electrons. The Morgan fingerprint density at radius 2 is 1.20 bits per heavy atom. The molecule has 9 aromatic rings. The van der Waals surface area contributed by atoms with Gasteiger partial charge in [0.1, 0.15) is 5.82 Å². The standard InChI is InChI=1S/C58H45FN2/c1-57(2)50-17-9-7-15-44(50)46-29-26-41(34-52(46)57)60(40-24-22-39(59)23-25-40)42-27-30-47-45-28-20-38(33-51(45)58(3,4)53(47)35-42)37-21-31-56-49(32-37)48-16-8-10-18-55(48)61(56)54-19-11-13-36-12-5-6-14-43(36)54/h5-35,46,52H,1-4H3. The van der Waals surface area contributed by atoms with Crippen LogP contribution < -0.4 is 4.90 Å². The summed E-state index contributed by atoms with van der Waals surface area (Å²) in [5, 5.41) is 4.97. The van der Waals surface area contributed by atoms with Crippen LogP contribution in [0.4, 0.5) is 15.8 Å². The summed E-state index contributed by atoms with van der Waals surface area (Å²) in [7, 11) is 0. The number of anilines is 2. The zero-order valence-corrected chi connectivity index (χ0v) is 34.8. The lowest BCUT2D eigenvalue weighted by Gasteiger charge is -2.35. The van der Waals surface area contributed by atoms with Crippen molar-refractivity contribution in [2.45, 2.75) is 44.4 Å². The number of aromatic nitrogens is 1. The van der Waals surface area contributed by atoms with Gasteiger partial charge in [-0.25, -0.2) is 4.39 Å². The van der Waals surface area contributed by atoms with Crippen molar-refractivity contribution in [1.82, 2.24) is 4.57 Å². The maximum absolute atomic E-state index is 14.4. The van der Waals surface area contributed by atoms with E-state index in [1.54, 1.807) is 12.1 Å². The fourth-order valence-corrected chi connectivity index (χ4v) is 11.2. The van der Waals surface area contributed by atoms with Crippen LogP contribution >= 0.6 is 0 Å². The van der Waals surface area contributed by atoms with Crippen LogP contribution in [0.2, 0.25) is 0 Å². The van der Waals surface area contributed by atoms with Gasteiger partial charge in [-0.2, -0.15) is 0 Å². The van der Waals surface area contributed by atoms with Gasteiger partial charge in [-0.1, -0.05) is 143 Å². The molecular weight excluding hydrogens is 744 g/mol. The lowest BCUT2D eigenvalue weighted by atomic mass is 9.74. The highest BCUT2D eigenvalue weighted by Gasteiger charge is 2.45. The minimum absolute atomic E-state index is 0.0244. The average molecular weight is 789 g/mol. The van der Waals surface area contributed by atoms with Crippen LogP contribution in [0.15, 0.2) is 194 Å². The second-order valence-corrected chi connectivity index (χ2v) is 18.3. The summed E-state index contributed by atoms with van der Waals surface area (Å²) in [6.45, 7) is 9.46. The molecule has 0 spiro atoms. The Morgan fingerprint density at radius 3 is 2.05 bits per heavy atom. The van der Waals surface area contributed by atoms with Gasteiger partial charge in [-0.3, -0.25) is 0 Å². The van der Waals surface area contributed by atoms with Gasteiger partial charge in [-0.15, -0.1) is 0 Å². The first-order chi connectivity index (χ1) is 29.7. The van der Waals surface area contributed by atoms with Gasteiger partial charge in [-0.05, 0) is 134 Å². The molecular formula is C58H45FN2. The van der Waals surface area contributed by atoms with E-state index in [2.05, 4.69) is 201 Å². The maximum atomic E-state index is 14.4. The van der Waals surface area contributed by atoms with Crippen molar-refractivity contribution in [3.05, 3.63) is 222 Å². The minimum atomic E-state index is -0.253. The predicted molar refractivity (Wildman–Crippen MR) is 253 cm³/mol. The molecule has 3 heteroatoms. The number of halogens is 1. The Hall–Kier alpha value is -6.97. The summed E-state index contributed by atoms with van der Waals surface area (Å²) >= 11 is 0. The van der Waals surface area contributed by atoms with Crippen LogP contribution in [-0.2, 0) is 10.8 Å². The van der Waals surface area contributed by atoms with Gasteiger partial charge < -0.3 is 9.47 Å². The zero-order chi connectivity index (χ0) is 41.2. The molecule has 3 aliphatic rings. The summed E-state index contributed by atoms with van der Waals surface area (Å²) in [6.07, 6.45) is 7.12. The Bertz CT molecular complexity index is 3330. The number of nitrogens with zero attached hydrogens (tertiary/aromatic N) is 2. The number of rotatable bonds is 5. The van der Waals surface area contributed by atoms with Crippen molar-refractivity contribution < 1.29 is 4.39 Å². The first-order valence-corrected chi connectivity index (χ1v) is 21.5. The highest BCUT2D eigenvalue weighted by molar-refractivity contribution is 6.11. The van der Waals surface area contributed by atoms with Crippen LogP contribution in [0, 0.1) is 11.7 Å². The molecule has 0 saturated heterocycles. The van der Waals surface area contributed by atoms with Crippen molar-refractivity contribution >= 4 is 44.0 Å². The van der Waals surface area contributed by atoms with Crippen LogP contribution in [0.5, 0.6) is 0 Å². The van der Waals surface area contributed by atoms with Gasteiger partial charge >= 0.3 is 0 Å². The summed E-state index contributed by atoms with van der Waals surface area (Å²) in [5.41, 5.74) is 16.9. The van der Waals surface area contributed by atoms with Gasteiger partial charge in [0.2, 0.25) is 0 Å². The molecule has 0 bridgehead atoms. The number of benzene rings is 8. The molecule has 0 amide bonds. The van der Waals surface area contributed by atoms with E-state index in [-0.39, 0.29) is 16.6 Å². The third-order valence-corrected chi connectivity index (χ3v) is 14.3. The molecule has 1 aromatic heterocycles. The summed E-state index contributed by atoms with van der Waals surface area (Å²) in [5.74, 6) is 0.395. The van der Waals surface area contributed by atoms with E-state index in [0.29, 0.717) is 11.8 Å². The fourth-order valence-electron chi connectivity index (χ4n) is 11.2. The number of hydrogen-bond acceptors (Lipinski definition) is 1. The maximum Gasteiger partial charge on any atom is 0.123 e. The van der Waals surface area contributed by atoms with Gasteiger partial charge in [0, 0.05) is 44.6 Å². The first kappa shape index (κ1) is 35.9. The molecule has 61 heavy (non-hydrogen) atoms. The van der Waals surface area contributed by atoms with E-state index in [4.69, 9.17) is 0 Å². The second kappa shape index (κ2) is 13.0. The summed E-state index contributed by atoms with van der Waals surface area (Å²) in [6, 6.07) is 60.8. The SMILES string of the molecule is CC1(C)c2cc(-c3ccc4c(c3)c3ccccc3n4-c3cccc4ccccc34)ccc2-c2ccc(N(C3=CC4C(C=C3)c3ccccc3C4(C)C)c3ccc(F)cc3)cc21. The molecule has 2 nitrogen and oxygen atoms in total. The number of hydrogen-bond donors (Lipinski definition) is 0. The summed E-state index contributed by atoms with van der Waals surface area (Å²) < 4.78 is 16.9. The first-order valence-electron chi connectivity index (χ1n) is 21.5. The van der Waals surface area contributed by atoms with E-state index in [9.17, 15) is 4.39 Å². The van der Waals surface area contributed by atoms with E-state index in [0.717, 1.165) is 17.1 Å². The lowest BCUT2D eigenvalue weighted by molar-refractivity contribution is 0.392. The molecule has 0 aliphatic heterocycles. The average Bonchev–Trinajstić information content (AvgIpc) is 3.83. The quantitative estimate of drug-likeness (QED) is 0.169. The van der Waals surface area contributed by atoms with E-state index >= 15 is 0 Å². The van der Waals surface area contributed by atoms with Gasteiger partial charge in [0.05, 0.1) is 16.7 Å². The molecule has 8 aromatic carbocycles. The number of para-hydroxylation sites is 1. The molecule has 0 fully saturated rings. The van der Waals surface area contributed by atoms with Crippen LogP contribution in [0.1, 0.15) is 55.9 Å². The number of allylic oxidation sites excluding steroid dienone is 3. The van der Waals surface area contributed by atoms with E-state index < -0.39 is 0 Å². The molecule has 0 radical (unpaired) electrons. The van der Waals surface area contributed by atoms with Crippen molar-refractivity contribution in [1.29, 1.82) is 0 Å². The Morgan fingerprint density at radius 1 is 0.541 bits per heavy atom. The molecule has 3 aliphatic carbocycles. The van der Waals surface area contributed by atoms with Gasteiger partial charge in [0.25, 0.3) is 0 Å². The molecule has 2 unspecified atom stereocenters. The molecule has 12 rings (SSSR count). The second-order valence-electron chi connectivity index (χ2n) is 18.3. The summed E-state index contributed by atoms with van der Waals surface area (Å²) in [4.78, 5) is 2.32. The Labute approximate surface area is 356 Å². The molecule has 0 N–H and O–H groups in total. The molecule has 0 saturated carbocycles. The third-order valence-electron chi connectivity index (χ3n) is 14.3. The third kappa shape index (κ3) is 5.26. The van der Waals surface area contributed by atoms with E-state index in [1.165, 1.54) is 82.8 Å². The highest BCUT2D eigenvalue weighted by Crippen LogP contribution is 2.55. The lowest BCUT2D eigenvalue weighted by Crippen LogP contribution is -2.28. The van der Waals surface area contributed by atoms with Gasteiger partial charge in [0.15, 0.2) is 0 Å². The van der Waals surface area contributed by atoms with Crippen molar-refractivity contribution in [3.63, 3.8) is 0 Å². The van der Waals surface area contributed by atoms with Crippen LogP contribution in [-0.4, -0.2) is 4.57 Å².